The summed E-state index contributed by atoms with van der Waals surface area (Å²) < 4.78 is 0. The van der Waals surface area contributed by atoms with Crippen LogP contribution in [0, 0.1) is 5.92 Å². The molecule has 1 fully saturated rings. The fourth-order valence-electron chi connectivity index (χ4n) is 2.51. The third-order valence-corrected chi connectivity index (χ3v) is 5.63. The van der Waals surface area contributed by atoms with E-state index in [1.165, 1.54) is 0 Å². The summed E-state index contributed by atoms with van der Waals surface area (Å²) >= 11 is 3.40. The van der Waals surface area contributed by atoms with Gasteiger partial charge in [-0.15, -0.1) is 11.8 Å². The number of likely N-dealkylation sites (tertiary alicyclic amines) is 1. The molecule has 3 rings (SSSR count). The molecular weight excluding hydrogens is 300 g/mol. The van der Waals surface area contributed by atoms with Crippen LogP contribution in [0.1, 0.15) is 23.2 Å². The van der Waals surface area contributed by atoms with E-state index in [1.54, 1.807) is 11.3 Å². The Morgan fingerprint density at radius 1 is 1.33 bits per heavy atom. The minimum atomic E-state index is 0.187. The number of hydrogen-bond donors (Lipinski definition) is 0. The first-order valence-corrected chi connectivity index (χ1v) is 9.11. The average molecular weight is 318 g/mol. The first kappa shape index (κ1) is 14.6. The summed E-state index contributed by atoms with van der Waals surface area (Å²) in [5, 5.41) is 4.99. The van der Waals surface area contributed by atoms with Gasteiger partial charge in [0.1, 0.15) is 0 Å². The molecule has 0 unspecified atom stereocenters. The van der Waals surface area contributed by atoms with Crippen molar-refractivity contribution in [1.82, 2.24) is 9.88 Å². The molecule has 0 radical (unpaired) electrons. The molecule has 2 aromatic heterocycles. The zero-order chi connectivity index (χ0) is 14.5. The smallest absolute Gasteiger partial charge is 0.254 e. The van der Waals surface area contributed by atoms with Crippen molar-refractivity contribution in [1.29, 1.82) is 0 Å². The van der Waals surface area contributed by atoms with Crippen molar-refractivity contribution in [3.05, 3.63) is 46.8 Å². The first-order chi connectivity index (χ1) is 10.3. The monoisotopic (exact) mass is 318 g/mol. The third kappa shape index (κ3) is 3.86. The Bertz CT molecular complexity index is 563. The molecule has 1 saturated heterocycles. The quantitative estimate of drug-likeness (QED) is 0.804. The van der Waals surface area contributed by atoms with Crippen molar-refractivity contribution in [2.75, 3.05) is 18.8 Å². The van der Waals surface area contributed by atoms with Crippen LogP contribution in [-0.4, -0.2) is 34.6 Å². The summed E-state index contributed by atoms with van der Waals surface area (Å²) in [7, 11) is 0. The Hall–Kier alpha value is -1.33. The second-order valence-electron chi connectivity index (χ2n) is 5.23. The van der Waals surface area contributed by atoms with E-state index in [9.17, 15) is 4.79 Å². The lowest BCUT2D eigenvalue weighted by atomic mass is 9.98. The van der Waals surface area contributed by atoms with Gasteiger partial charge in [-0.2, -0.15) is 11.3 Å². The van der Waals surface area contributed by atoms with Crippen LogP contribution in [-0.2, 0) is 0 Å². The highest BCUT2D eigenvalue weighted by atomic mass is 32.2. The van der Waals surface area contributed by atoms with E-state index < -0.39 is 0 Å². The van der Waals surface area contributed by atoms with Gasteiger partial charge in [0.25, 0.3) is 5.91 Å². The fourth-order valence-corrected chi connectivity index (χ4v) is 4.19. The largest absolute Gasteiger partial charge is 0.339 e. The lowest BCUT2D eigenvalue weighted by Crippen LogP contribution is -2.38. The Balaban J connectivity index is 1.46. The van der Waals surface area contributed by atoms with Gasteiger partial charge >= 0.3 is 0 Å². The fraction of sp³-hybridized carbons (Fsp3) is 0.375. The Morgan fingerprint density at radius 2 is 2.19 bits per heavy atom. The second-order valence-corrected chi connectivity index (χ2v) is 7.05. The van der Waals surface area contributed by atoms with Crippen LogP contribution in [0.5, 0.6) is 0 Å². The molecule has 2 aromatic rings. The van der Waals surface area contributed by atoms with Crippen molar-refractivity contribution in [3.63, 3.8) is 0 Å². The predicted octanol–water partition coefficient (Wildman–Crippen LogP) is 3.79. The summed E-state index contributed by atoms with van der Waals surface area (Å²) in [6, 6.07) is 7.94. The molecule has 3 nitrogen and oxygen atoms in total. The van der Waals surface area contributed by atoms with Gasteiger partial charge in [-0.05, 0) is 42.3 Å². The van der Waals surface area contributed by atoms with Crippen molar-refractivity contribution in [2.24, 2.45) is 5.92 Å². The Kier molecular flexibility index (Phi) is 4.93. The van der Waals surface area contributed by atoms with Crippen LogP contribution in [0.3, 0.4) is 0 Å². The van der Waals surface area contributed by atoms with E-state index in [2.05, 4.69) is 11.1 Å². The molecule has 21 heavy (non-hydrogen) atoms. The van der Waals surface area contributed by atoms with Crippen LogP contribution in [0.15, 0.2) is 46.2 Å². The molecule has 0 atom stereocenters. The van der Waals surface area contributed by atoms with Crippen LogP contribution < -0.4 is 0 Å². The number of hydrogen-bond acceptors (Lipinski definition) is 4. The van der Waals surface area contributed by atoms with E-state index in [0.717, 1.165) is 42.3 Å². The van der Waals surface area contributed by atoms with E-state index in [0.29, 0.717) is 5.92 Å². The molecule has 0 aromatic carbocycles. The highest BCUT2D eigenvalue weighted by molar-refractivity contribution is 7.99. The van der Waals surface area contributed by atoms with Crippen LogP contribution in [0.4, 0.5) is 0 Å². The summed E-state index contributed by atoms with van der Waals surface area (Å²) in [4.78, 5) is 18.6. The van der Waals surface area contributed by atoms with Gasteiger partial charge in [0.05, 0.1) is 10.6 Å². The van der Waals surface area contributed by atoms with Crippen molar-refractivity contribution in [3.8, 4) is 0 Å². The summed E-state index contributed by atoms with van der Waals surface area (Å²) in [5.74, 6) is 1.97. The molecule has 1 amide bonds. The lowest BCUT2D eigenvalue weighted by molar-refractivity contribution is 0.0699. The maximum atomic E-state index is 12.3. The SMILES string of the molecule is O=C(c1ccsc1)N1CCC(CSc2ccccn2)CC1. The topological polar surface area (TPSA) is 33.2 Å². The van der Waals surface area contributed by atoms with Gasteiger partial charge in [-0.1, -0.05) is 6.07 Å². The van der Waals surface area contributed by atoms with E-state index in [4.69, 9.17) is 0 Å². The normalized spacial score (nSPS) is 16.1. The van der Waals surface area contributed by atoms with Gasteiger partial charge < -0.3 is 4.90 Å². The molecule has 3 heterocycles. The van der Waals surface area contributed by atoms with Gasteiger partial charge in [0, 0.05) is 30.4 Å². The molecule has 1 aliphatic heterocycles. The standard InChI is InChI=1S/C16H18N2OS2/c19-16(14-6-10-20-12-14)18-8-4-13(5-9-18)11-21-15-3-1-2-7-17-15/h1-3,6-7,10,12-13H,4-5,8-9,11H2. The number of aromatic nitrogens is 1. The number of amides is 1. The lowest BCUT2D eigenvalue weighted by Gasteiger charge is -2.31. The van der Waals surface area contributed by atoms with Crippen molar-refractivity contribution >= 4 is 29.0 Å². The molecule has 0 bridgehead atoms. The van der Waals surface area contributed by atoms with Crippen molar-refractivity contribution in [2.45, 2.75) is 17.9 Å². The minimum absolute atomic E-state index is 0.187. The maximum Gasteiger partial charge on any atom is 0.254 e. The zero-order valence-electron chi connectivity index (χ0n) is 11.8. The number of rotatable bonds is 4. The molecule has 0 aliphatic carbocycles. The molecule has 1 aliphatic rings. The van der Waals surface area contributed by atoms with Crippen LogP contribution >= 0.6 is 23.1 Å². The second kappa shape index (κ2) is 7.09. The zero-order valence-corrected chi connectivity index (χ0v) is 13.4. The summed E-state index contributed by atoms with van der Waals surface area (Å²) in [6.07, 6.45) is 4.02. The average Bonchev–Trinajstić information content (AvgIpc) is 3.08. The summed E-state index contributed by atoms with van der Waals surface area (Å²) in [5.41, 5.74) is 0.835. The maximum absolute atomic E-state index is 12.3. The highest BCUT2D eigenvalue weighted by Crippen LogP contribution is 2.26. The molecular formula is C16H18N2OS2. The van der Waals surface area contributed by atoms with E-state index in [1.807, 2.05) is 51.8 Å². The predicted molar refractivity (Wildman–Crippen MR) is 87.9 cm³/mol. The number of carbonyl (C=O) groups is 1. The first-order valence-electron chi connectivity index (χ1n) is 7.18. The van der Waals surface area contributed by atoms with Crippen LogP contribution in [0.2, 0.25) is 0 Å². The number of thiophene rings is 1. The number of nitrogens with zero attached hydrogens (tertiary/aromatic N) is 2. The molecule has 0 N–H and O–H groups in total. The Morgan fingerprint density at radius 3 is 2.86 bits per heavy atom. The Labute approximate surface area is 133 Å². The van der Waals surface area contributed by atoms with Gasteiger partial charge in [-0.3, -0.25) is 4.79 Å². The number of carbonyl (C=O) groups excluding carboxylic acids is 1. The number of thioether (sulfide) groups is 1. The van der Waals surface area contributed by atoms with Crippen LogP contribution in [0.25, 0.3) is 0 Å². The molecule has 110 valence electrons. The van der Waals surface area contributed by atoms with Gasteiger partial charge in [0.2, 0.25) is 0 Å². The molecule has 0 saturated carbocycles. The van der Waals surface area contributed by atoms with Gasteiger partial charge in [-0.25, -0.2) is 4.98 Å². The van der Waals surface area contributed by atoms with Gasteiger partial charge in [0.15, 0.2) is 0 Å². The van der Waals surface area contributed by atoms with Crippen molar-refractivity contribution < 1.29 is 4.79 Å². The number of pyridine rings is 1. The molecule has 5 heteroatoms. The third-order valence-electron chi connectivity index (χ3n) is 3.77. The van der Waals surface area contributed by atoms with E-state index >= 15 is 0 Å². The molecule has 0 spiro atoms. The highest BCUT2D eigenvalue weighted by Gasteiger charge is 2.23. The summed E-state index contributed by atoms with van der Waals surface area (Å²) in [6.45, 7) is 1.75. The van der Waals surface area contributed by atoms with E-state index in [-0.39, 0.29) is 5.91 Å². The minimum Gasteiger partial charge on any atom is -0.339 e. The number of piperidine rings is 1.